The van der Waals surface area contributed by atoms with Gasteiger partial charge in [0.1, 0.15) is 0 Å². The van der Waals surface area contributed by atoms with E-state index in [0.717, 1.165) is 38.2 Å². The average Bonchev–Trinajstić information content (AvgIpc) is 2.98. The fourth-order valence-electron chi connectivity index (χ4n) is 4.59. The first-order chi connectivity index (χ1) is 14.0. The molecule has 1 atom stereocenters. The Morgan fingerprint density at radius 1 is 1.13 bits per heavy atom. The van der Waals surface area contributed by atoms with Gasteiger partial charge in [-0.25, -0.2) is 4.39 Å². The third-order valence-electron chi connectivity index (χ3n) is 6.16. The fraction of sp³-hybridized carbons (Fsp3) is 0.478. The molecule has 1 aliphatic carbocycles. The summed E-state index contributed by atoms with van der Waals surface area (Å²) in [6, 6.07) is 9.29. The highest BCUT2D eigenvalue weighted by atomic mass is 35.5. The van der Waals surface area contributed by atoms with Gasteiger partial charge in [0.25, 0.3) is 0 Å². The zero-order valence-corrected chi connectivity index (χ0v) is 19.4. The molecule has 2 heterocycles. The molecule has 31 heavy (non-hydrogen) atoms. The molecule has 4 rings (SSSR count). The van der Waals surface area contributed by atoms with Crippen LogP contribution in [0.15, 0.2) is 36.5 Å². The standard InChI is InChI=1S/C23H27FN2O3.2ClH/c1-28-20-11-17-14-23(24,22(27)19(17)12-21(20)29-2)13-16-6-9-26(10-7-16)15-18-5-3-4-8-25-18;;/h3-5,8,11-12,16H,6-7,9-10,13-15H2,1-2H3;2*1H. The lowest BCUT2D eigenvalue weighted by Gasteiger charge is -2.34. The Hall–Kier alpha value is -1.89. The Morgan fingerprint density at radius 2 is 1.81 bits per heavy atom. The number of hydrogen-bond acceptors (Lipinski definition) is 5. The SMILES string of the molecule is COc1cc2c(cc1OC)C(=O)C(F)(CC1CCN(Cc3ccccn3)CC1)C2.Cl.Cl. The molecule has 5 nitrogen and oxygen atoms in total. The highest BCUT2D eigenvalue weighted by Crippen LogP contribution is 2.43. The number of rotatable bonds is 6. The molecule has 1 aliphatic heterocycles. The molecule has 170 valence electrons. The van der Waals surface area contributed by atoms with Crippen LogP contribution >= 0.6 is 24.8 Å². The summed E-state index contributed by atoms with van der Waals surface area (Å²) in [6.45, 7) is 2.62. The predicted molar refractivity (Wildman–Crippen MR) is 123 cm³/mol. The van der Waals surface area contributed by atoms with Crippen molar-refractivity contribution in [3.05, 3.63) is 53.3 Å². The van der Waals surface area contributed by atoms with E-state index < -0.39 is 11.5 Å². The van der Waals surface area contributed by atoms with Gasteiger partial charge in [0.2, 0.25) is 5.78 Å². The Bertz CT molecular complexity index is 892. The van der Waals surface area contributed by atoms with Gasteiger partial charge >= 0.3 is 0 Å². The number of nitrogens with zero attached hydrogens (tertiary/aromatic N) is 2. The summed E-state index contributed by atoms with van der Waals surface area (Å²) in [5.74, 6) is 0.796. The molecule has 1 unspecified atom stereocenters. The lowest BCUT2D eigenvalue weighted by Crippen LogP contribution is -2.39. The summed E-state index contributed by atoms with van der Waals surface area (Å²) in [7, 11) is 3.06. The van der Waals surface area contributed by atoms with E-state index in [1.165, 1.54) is 7.11 Å². The predicted octanol–water partition coefficient (Wildman–Crippen LogP) is 4.69. The van der Waals surface area contributed by atoms with Gasteiger partial charge in [-0.2, -0.15) is 0 Å². The molecule has 0 spiro atoms. The summed E-state index contributed by atoms with van der Waals surface area (Å²) in [4.78, 5) is 19.6. The van der Waals surface area contributed by atoms with Crippen molar-refractivity contribution in [1.82, 2.24) is 9.88 Å². The van der Waals surface area contributed by atoms with E-state index in [4.69, 9.17) is 9.47 Å². The van der Waals surface area contributed by atoms with Crippen LogP contribution in [0, 0.1) is 5.92 Å². The molecule has 1 aromatic heterocycles. The monoisotopic (exact) mass is 470 g/mol. The van der Waals surface area contributed by atoms with Gasteiger partial charge in [0.15, 0.2) is 17.2 Å². The molecule has 2 aromatic rings. The molecule has 1 fully saturated rings. The normalized spacial score (nSPS) is 21.1. The van der Waals surface area contributed by atoms with Crippen LogP contribution in [0.5, 0.6) is 11.5 Å². The number of likely N-dealkylation sites (tertiary alicyclic amines) is 1. The van der Waals surface area contributed by atoms with Gasteiger partial charge in [-0.15, -0.1) is 24.8 Å². The number of carbonyl (C=O) groups excluding carboxylic acids is 1. The average molecular weight is 471 g/mol. The number of fused-ring (bicyclic) bond motifs is 1. The highest BCUT2D eigenvalue weighted by Gasteiger charge is 2.48. The van der Waals surface area contributed by atoms with Crippen LogP contribution in [0.4, 0.5) is 4.39 Å². The van der Waals surface area contributed by atoms with E-state index in [2.05, 4.69) is 9.88 Å². The Morgan fingerprint density at radius 3 is 2.42 bits per heavy atom. The van der Waals surface area contributed by atoms with Crippen molar-refractivity contribution in [2.75, 3.05) is 27.3 Å². The zero-order chi connectivity index (χ0) is 20.4. The van der Waals surface area contributed by atoms with Gasteiger partial charge in [0.05, 0.1) is 19.9 Å². The Kier molecular flexibility index (Phi) is 8.69. The summed E-state index contributed by atoms with van der Waals surface area (Å²) in [6.07, 6.45) is 4.00. The van der Waals surface area contributed by atoms with E-state index >= 15 is 4.39 Å². The van der Waals surface area contributed by atoms with Crippen LogP contribution in [-0.4, -0.2) is 48.6 Å². The minimum absolute atomic E-state index is 0. The quantitative estimate of drug-likeness (QED) is 0.612. The largest absolute Gasteiger partial charge is 0.493 e. The first-order valence-corrected chi connectivity index (χ1v) is 10.1. The number of alkyl halides is 1. The minimum Gasteiger partial charge on any atom is -0.493 e. The van der Waals surface area contributed by atoms with Crippen molar-refractivity contribution < 1.29 is 18.7 Å². The molecular formula is C23H29Cl2FN2O3. The van der Waals surface area contributed by atoms with Crippen molar-refractivity contribution in [2.45, 2.75) is 37.9 Å². The Labute approximate surface area is 195 Å². The van der Waals surface area contributed by atoms with Gasteiger partial charge in [-0.3, -0.25) is 14.7 Å². The zero-order valence-electron chi connectivity index (χ0n) is 17.8. The van der Waals surface area contributed by atoms with Crippen molar-refractivity contribution in [1.29, 1.82) is 0 Å². The molecule has 0 bridgehead atoms. The maximum absolute atomic E-state index is 15.7. The van der Waals surface area contributed by atoms with E-state index in [9.17, 15) is 4.79 Å². The minimum atomic E-state index is -1.83. The molecule has 0 amide bonds. The Balaban J connectivity index is 0.00000171. The number of ether oxygens (including phenoxy) is 2. The first kappa shape index (κ1) is 25.4. The molecule has 2 aliphatic rings. The number of pyridine rings is 1. The number of Topliss-reactive ketones (excluding diaryl/α,β-unsaturated/α-hetero) is 1. The third-order valence-corrected chi connectivity index (χ3v) is 6.16. The lowest BCUT2D eigenvalue weighted by molar-refractivity contribution is 0.0586. The number of piperidine rings is 1. The smallest absolute Gasteiger partial charge is 0.200 e. The van der Waals surface area contributed by atoms with Gasteiger partial charge in [-0.1, -0.05) is 6.07 Å². The second kappa shape index (κ2) is 10.6. The molecule has 0 radical (unpaired) electrons. The van der Waals surface area contributed by atoms with Crippen LogP contribution in [0.1, 0.15) is 40.9 Å². The van der Waals surface area contributed by atoms with E-state index in [-0.39, 0.29) is 43.6 Å². The lowest BCUT2D eigenvalue weighted by atomic mass is 9.83. The number of halogens is 3. The van der Waals surface area contributed by atoms with Crippen molar-refractivity contribution in [2.24, 2.45) is 5.92 Å². The summed E-state index contributed by atoms with van der Waals surface area (Å²) >= 11 is 0. The number of ketones is 1. The summed E-state index contributed by atoms with van der Waals surface area (Å²) in [5, 5.41) is 0. The van der Waals surface area contributed by atoms with Crippen LogP contribution < -0.4 is 9.47 Å². The highest BCUT2D eigenvalue weighted by molar-refractivity contribution is 6.07. The van der Waals surface area contributed by atoms with Gasteiger partial charge in [-0.05, 0) is 68.1 Å². The third kappa shape index (κ3) is 5.30. The number of methoxy groups -OCH3 is 2. The summed E-state index contributed by atoms with van der Waals surface area (Å²) < 4.78 is 26.3. The number of hydrogen-bond donors (Lipinski definition) is 0. The molecule has 0 saturated carbocycles. The number of carbonyl (C=O) groups is 1. The van der Waals surface area contributed by atoms with Crippen LogP contribution in [0.2, 0.25) is 0 Å². The maximum Gasteiger partial charge on any atom is 0.200 e. The van der Waals surface area contributed by atoms with Crippen molar-refractivity contribution in [3.8, 4) is 11.5 Å². The molecule has 8 heteroatoms. The van der Waals surface area contributed by atoms with Crippen molar-refractivity contribution in [3.63, 3.8) is 0 Å². The fourth-order valence-corrected chi connectivity index (χ4v) is 4.59. The van der Waals surface area contributed by atoms with Crippen LogP contribution in [0.25, 0.3) is 0 Å². The maximum atomic E-state index is 15.7. The molecule has 1 saturated heterocycles. The topological polar surface area (TPSA) is 51.7 Å². The number of benzene rings is 1. The van der Waals surface area contributed by atoms with Crippen LogP contribution in [0.3, 0.4) is 0 Å². The summed E-state index contributed by atoms with van der Waals surface area (Å²) in [5.41, 5.74) is 0.366. The van der Waals surface area contributed by atoms with Gasteiger partial charge < -0.3 is 9.47 Å². The van der Waals surface area contributed by atoms with Crippen molar-refractivity contribution >= 4 is 30.6 Å². The molecule has 1 aromatic carbocycles. The molecular weight excluding hydrogens is 442 g/mol. The second-order valence-electron chi connectivity index (χ2n) is 8.08. The number of aromatic nitrogens is 1. The van der Waals surface area contributed by atoms with Crippen LogP contribution in [-0.2, 0) is 13.0 Å². The first-order valence-electron chi connectivity index (χ1n) is 10.1. The van der Waals surface area contributed by atoms with E-state index in [1.54, 1.807) is 19.2 Å². The second-order valence-corrected chi connectivity index (χ2v) is 8.08. The van der Waals surface area contributed by atoms with E-state index in [1.807, 2.05) is 24.4 Å². The van der Waals surface area contributed by atoms with Gasteiger partial charge in [0, 0.05) is 24.7 Å². The van der Waals surface area contributed by atoms with E-state index in [0.29, 0.717) is 22.6 Å². The molecule has 0 N–H and O–H groups in total.